The van der Waals surface area contributed by atoms with E-state index in [9.17, 15) is 13.2 Å². The quantitative estimate of drug-likeness (QED) is 0.394. The van der Waals surface area contributed by atoms with Gasteiger partial charge in [-0.05, 0) is 19.9 Å². The van der Waals surface area contributed by atoms with Crippen molar-refractivity contribution in [3.05, 3.63) is 11.6 Å². The highest BCUT2D eigenvalue weighted by molar-refractivity contribution is 7.85. The van der Waals surface area contributed by atoms with Crippen LogP contribution in [-0.4, -0.2) is 55.8 Å². The van der Waals surface area contributed by atoms with Crippen LogP contribution in [-0.2, 0) is 14.9 Å². The number of nitrogens with zero attached hydrogens (tertiary/aromatic N) is 1. The lowest BCUT2D eigenvalue weighted by atomic mass is 10.1. The number of quaternary nitrogens is 1. The normalized spacial score (nSPS) is 15.5. The van der Waals surface area contributed by atoms with Crippen molar-refractivity contribution in [3.8, 4) is 0 Å². The molecule has 106 valence electrons. The Bertz CT molecular complexity index is 426. The monoisotopic (exact) mass is 279 g/mol. The van der Waals surface area contributed by atoms with E-state index in [0.717, 1.165) is 0 Å². The van der Waals surface area contributed by atoms with Gasteiger partial charge >= 0.3 is 0 Å². The number of carbonyl (C=O) groups is 1. The van der Waals surface area contributed by atoms with E-state index < -0.39 is 16.0 Å². The molecule has 0 bridgehead atoms. The lowest BCUT2D eigenvalue weighted by Crippen LogP contribution is -2.48. The van der Waals surface area contributed by atoms with Crippen LogP contribution in [0, 0.1) is 0 Å². The zero-order chi connectivity index (χ0) is 14.6. The van der Waals surface area contributed by atoms with Gasteiger partial charge in [0.15, 0.2) is 0 Å². The highest BCUT2D eigenvalue weighted by atomic mass is 32.2. The molecule has 3 N–H and O–H groups in total. The number of amides is 1. The Labute approximate surface area is 109 Å². The Morgan fingerprint density at radius 3 is 2.33 bits per heavy atom. The average molecular weight is 279 g/mol. The van der Waals surface area contributed by atoms with Gasteiger partial charge in [-0.15, -0.1) is 0 Å². The Morgan fingerprint density at radius 1 is 1.44 bits per heavy atom. The Balaban J connectivity index is 4.53. The maximum Gasteiger partial charge on any atom is 0.265 e. The van der Waals surface area contributed by atoms with Gasteiger partial charge in [-0.1, -0.05) is 0 Å². The lowest BCUT2D eigenvalue weighted by molar-refractivity contribution is -0.907. The van der Waals surface area contributed by atoms with Crippen LogP contribution in [0.15, 0.2) is 11.6 Å². The predicted octanol–water partition coefficient (Wildman–Crippen LogP) is 0.161. The summed E-state index contributed by atoms with van der Waals surface area (Å²) in [7, 11) is -0.0637. The van der Waals surface area contributed by atoms with Crippen LogP contribution in [0.1, 0.15) is 20.3 Å². The molecule has 0 aliphatic heterocycles. The molecule has 0 aliphatic carbocycles. The van der Waals surface area contributed by atoms with E-state index in [1.165, 1.54) is 0 Å². The fourth-order valence-corrected chi connectivity index (χ4v) is 1.96. The van der Waals surface area contributed by atoms with Crippen molar-refractivity contribution in [2.24, 2.45) is 5.73 Å². The summed E-state index contributed by atoms with van der Waals surface area (Å²) in [5.74, 6) is -0.713. The maximum absolute atomic E-state index is 10.9. The van der Waals surface area contributed by atoms with Crippen LogP contribution in [0.25, 0.3) is 0 Å². The summed E-state index contributed by atoms with van der Waals surface area (Å²) >= 11 is 0. The minimum atomic E-state index is -3.92. The van der Waals surface area contributed by atoms with Gasteiger partial charge in [-0.3, -0.25) is 9.35 Å². The molecule has 6 nitrogen and oxygen atoms in total. The molecular weight excluding hydrogens is 256 g/mol. The second-order valence-electron chi connectivity index (χ2n) is 5.14. The second kappa shape index (κ2) is 6.31. The third-order valence-electron chi connectivity index (χ3n) is 3.24. The fraction of sp³-hybridized carbons (Fsp3) is 0.727. The smallest absolute Gasteiger partial charge is 0.265 e. The molecule has 0 aliphatic rings. The lowest BCUT2D eigenvalue weighted by Gasteiger charge is -2.35. The van der Waals surface area contributed by atoms with Gasteiger partial charge < -0.3 is 10.2 Å². The highest BCUT2D eigenvalue weighted by Crippen LogP contribution is 2.12. The molecule has 0 radical (unpaired) electrons. The molecule has 7 heteroatoms. The number of nitrogens with two attached hydrogens (primary N) is 1. The Hall–Kier alpha value is -0.920. The first kappa shape index (κ1) is 17.1. The maximum atomic E-state index is 10.9. The topological polar surface area (TPSA) is 97.5 Å². The van der Waals surface area contributed by atoms with Crippen LogP contribution in [0.3, 0.4) is 0 Å². The summed E-state index contributed by atoms with van der Waals surface area (Å²) in [5, 5.41) is 0. The minimum absolute atomic E-state index is 0.0313. The Morgan fingerprint density at radius 2 is 1.94 bits per heavy atom. The first-order chi connectivity index (χ1) is 7.96. The molecule has 0 aromatic rings. The van der Waals surface area contributed by atoms with E-state index in [0.29, 0.717) is 23.0 Å². The summed E-state index contributed by atoms with van der Waals surface area (Å²) in [5.41, 5.74) is 5.62. The molecular formula is C11H23N2O4S+. The third-order valence-corrected chi connectivity index (χ3v) is 4.00. The van der Waals surface area contributed by atoms with Crippen molar-refractivity contribution in [2.45, 2.75) is 26.3 Å². The summed E-state index contributed by atoms with van der Waals surface area (Å²) in [6, 6.07) is 0.0313. The van der Waals surface area contributed by atoms with Crippen LogP contribution >= 0.6 is 0 Å². The standard InChI is InChI=1S/C11H22N2O4S/c1-9(11(12)14)5-7-13(3,4)10(2)6-8-18(15,16)17/h5,10H,6-8H2,1-4H3,(H2-,12,14,15,16,17)/p+1. The average Bonchev–Trinajstić information content (AvgIpc) is 2.21. The van der Waals surface area contributed by atoms with Crippen molar-refractivity contribution in [3.63, 3.8) is 0 Å². The molecule has 0 heterocycles. The van der Waals surface area contributed by atoms with E-state index in [1.807, 2.05) is 21.0 Å². The highest BCUT2D eigenvalue weighted by Gasteiger charge is 2.24. The molecule has 0 fully saturated rings. The van der Waals surface area contributed by atoms with Crippen LogP contribution in [0.2, 0.25) is 0 Å². The van der Waals surface area contributed by atoms with Crippen LogP contribution in [0.4, 0.5) is 0 Å². The van der Waals surface area contributed by atoms with Crippen molar-refractivity contribution in [1.29, 1.82) is 0 Å². The number of hydrogen-bond acceptors (Lipinski definition) is 3. The first-order valence-electron chi connectivity index (χ1n) is 5.70. The molecule has 1 atom stereocenters. The van der Waals surface area contributed by atoms with Crippen molar-refractivity contribution in [2.75, 3.05) is 26.4 Å². The van der Waals surface area contributed by atoms with Gasteiger partial charge in [0.25, 0.3) is 10.1 Å². The van der Waals surface area contributed by atoms with Gasteiger partial charge in [0.1, 0.15) is 0 Å². The van der Waals surface area contributed by atoms with E-state index in [4.69, 9.17) is 10.3 Å². The summed E-state index contributed by atoms with van der Waals surface area (Å²) in [6.07, 6.45) is 2.10. The number of hydrogen-bond donors (Lipinski definition) is 2. The summed E-state index contributed by atoms with van der Waals surface area (Å²) in [4.78, 5) is 10.9. The largest absolute Gasteiger partial charge is 0.366 e. The van der Waals surface area contributed by atoms with Crippen molar-refractivity contribution in [1.82, 2.24) is 0 Å². The molecule has 18 heavy (non-hydrogen) atoms. The minimum Gasteiger partial charge on any atom is -0.366 e. The van der Waals surface area contributed by atoms with Crippen LogP contribution < -0.4 is 5.73 Å². The molecule has 1 unspecified atom stereocenters. The number of primary amides is 1. The van der Waals surface area contributed by atoms with Gasteiger partial charge in [0.2, 0.25) is 5.91 Å². The zero-order valence-corrected chi connectivity index (χ0v) is 12.2. The molecule has 1 amide bonds. The second-order valence-corrected chi connectivity index (χ2v) is 6.71. The molecule has 0 saturated heterocycles. The SMILES string of the molecule is CC(=CC[N+](C)(C)C(C)CCS(=O)(=O)O)C(N)=O. The summed E-state index contributed by atoms with van der Waals surface area (Å²) < 4.78 is 30.6. The van der Waals surface area contributed by atoms with Crippen LogP contribution in [0.5, 0.6) is 0 Å². The third kappa shape index (κ3) is 6.73. The molecule has 0 saturated carbocycles. The summed E-state index contributed by atoms with van der Waals surface area (Å²) in [6.45, 7) is 4.12. The predicted molar refractivity (Wildman–Crippen MR) is 70.4 cm³/mol. The van der Waals surface area contributed by atoms with Gasteiger partial charge in [-0.2, -0.15) is 8.42 Å². The number of likely N-dealkylation sites (N-methyl/N-ethyl adjacent to an activating group) is 1. The molecule has 0 rings (SSSR count). The molecule has 0 aromatic heterocycles. The van der Waals surface area contributed by atoms with Crippen molar-refractivity contribution < 1.29 is 22.2 Å². The van der Waals surface area contributed by atoms with Crippen molar-refractivity contribution >= 4 is 16.0 Å². The van der Waals surface area contributed by atoms with E-state index in [-0.39, 0.29) is 11.8 Å². The van der Waals surface area contributed by atoms with Gasteiger partial charge in [0.05, 0.1) is 32.4 Å². The Kier molecular flexibility index (Phi) is 5.98. The first-order valence-corrected chi connectivity index (χ1v) is 7.31. The number of rotatable bonds is 7. The van der Waals surface area contributed by atoms with Gasteiger partial charge in [0, 0.05) is 12.0 Å². The molecule has 0 aromatic carbocycles. The molecule has 0 spiro atoms. The van der Waals surface area contributed by atoms with E-state index >= 15 is 0 Å². The van der Waals surface area contributed by atoms with E-state index in [2.05, 4.69) is 0 Å². The van der Waals surface area contributed by atoms with Gasteiger partial charge in [-0.25, -0.2) is 0 Å². The zero-order valence-electron chi connectivity index (χ0n) is 11.4. The number of carbonyl (C=O) groups excluding carboxylic acids is 1. The van der Waals surface area contributed by atoms with E-state index in [1.54, 1.807) is 13.0 Å². The fourth-order valence-electron chi connectivity index (χ4n) is 1.32.